The van der Waals surface area contributed by atoms with E-state index in [2.05, 4.69) is 47.6 Å². The molecule has 2 fully saturated rings. The standard InChI is InChI=1S/C34H34N2O3S2/c1-24-13-17-28(18-14-24)40-35-23-30-33(21-31(35)26-9-5-3-6-10-26)36(41(38,39)29-19-15-25(2)16-20-29)32(22-34(30)37)27-11-7-4-8-12-27/h3-20,30-33H,21-23H2,1-2H3/t30?,31-,32+,33?/m0/s1. The zero-order valence-electron chi connectivity index (χ0n) is 23.3. The molecule has 4 aromatic rings. The molecule has 0 aliphatic carbocycles. The van der Waals surface area contributed by atoms with Crippen molar-refractivity contribution in [2.24, 2.45) is 5.92 Å². The highest BCUT2D eigenvalue weighted by atomic mass is 32.2. The normalized spacial score (nSPS) is 23.7. The number of ketones is 1. The van der Waals surface area contributed by atoms with Crippen LogP contribution in [-0.4, -0.2) is 35.4 Å². The lowest BCUT2D eigenvalue weighted by Gasteiger charge is -2.51. The quantitative estimate of drug-likeness (QED) is 0.226. The number of carbonyl (C=O) groups is 1. The predicted molar refractivity (Wildman–Crippen MR) is 164 cm³/mol. The second-order valence-corrected chi connectivity index (χ2v) is 14.1. The minimum absolute atomic E-state index is 0.0678. The van der Waals surface area contributed by atoms with E-state index in [4.69, 9.17) is 0 Å². The molecule has 6 rings (SSSR count). The molecule has 2 heterocycles. The molecular weight excluding hydrogens is 549 g/mol. The lowest BCUT2D eigenvalue weighted by atomic mass is 9.77. The van der Waals surface area contributed by atoms with Gasteiger partial charge in [0.1, 0.15) is 5.78 Å². The molecule has 0 bridgehead atoms. The average molecular weight is 583 g/mol. The second-order valence-electron chi connectivity index (χ2n) is 11.1. The van der Waals surface area contributed by atoms with Crippen LogP contribution in [0.15, 0.2) is 119 Å². The summed E-state index contributed by atoms with van der Waals surface area (Å²) in [6.07, 6.45) is 0.684. The number of rotatable bonds is 6. The first kappa shape index (κ1) is 27.9. The second kappa shape index (κ2) is 11.6. The van der Waals surface area contributed by atoms with Crippen LogP contribution in [-0.2, 0) is 14.8 Å². The molecule has 41 heavy (non-hydrogen) atoms. The van der Waals surface area contributed by atoms with Gasteiger partial charge in [-0.15, -0.1) is 0 Å². The van der Waals surface area contributed by atoms with E-state index in [0.29, 0.717) is 13.0 Å². The molecule has 0 saturated carbocycles. The molecule has 210 valence electrons. The Morgan fingerprint density at radius 2 is 1.24 bits per heavy atom. The van der Waals surface area contributed by atoms with E-state index in [1.54, 1.807) is 28.4 Å². The molecule has 2 aliphatic heterocycles. The summed E-state index contributed by atoms with van der Waals surface area (Å²) in [6.45, 7) is 4.49. The van der Waals surface area contributed by atoms with Gasteiger partial charge in [0.05, 0.1) is 10.9 Å². The predicted octanol–water partition coefficient (Wildman–Crippen LogP) is 7.15. The fourth-order valence-corrected chi connectivity index (χ4v) is 9.09. The number of sulfonamides is 1. The van der Waals surface area contributed by atoms with Crippen molar-refractivity contribution in [1.82, 2.24) is 8.61 Å². The van der Waals surface area contributed by atoms with Gasteiger partial charge >= 0.3 is 0 Å². The third-order valence-corrected chi connectivity index (χ3v) is 11.4. The minimum Gasteiger partial charge on any atom is -0.299 e. The summed E-state index contributed by atoms with van der Waals surface area (Å²) >= 11 is 1.65. The Kier molecular flexibility index (Phi) is 7.88. The van der Waals surface area contributed by atoms with E-state index < -0.39 is 28.0 Å². The molecule has 0 aromatic heterocycles. The van der Waals surface area contributed by atoms with Gasteiger partial charge in [-0.2, -0.15) is 4.31 Å². The summed E-state index contributed by atoms with van der Waals surface area (Å²) in [5.74, 6) is -0.298. The van der Waals surface area contributed by atoms with Gasteiger partial charge in [-0.05, 0) is 67.6 Å². The number of Topliss-reactive ketones (excluding diaryl/α,β-unsaturated/α-hetero) is 1. The molecule has 7 heteroatoms. The third-order valence-electron chi connectivity index (χ3n) is 8.30. The van der Waals surface area contributed by atoms with Gasteiger partial charge < -0.3 is 0 Å². The molecular formula is C34H34N2O3S2. The van der Waals surface area contributed by atoms with E-state index in [-0.39, 0.29) is 23.1 Å². The van der Waals surface area contributed by atoms with Crippen molar-refractivity contribution in [2.75, 3.05) is 6.54 Å². The number of benzene rings is 4. The van der Waals surface area contributed by atoms with Gasteiger partial charge in [-0.3, -0.25) is 4.79 Å². The fourth-order valence-electron chi connectivity index (χ4n) is 6.14. The fraction of sp³-hybridized carbons (Fsp3) is 0.265. The highest BCUT2D eigenvalue weighted by Crippen LogP contribution is 2.49. The van der Waals surface area contributed by atoms with Gasteiger partial charge in [0, 0.05) is 35.9 Å². The van der Waals surface area contributed by atoms with E-state index in [1.807, 2.05) is 67.6 Å². The zero-order valence-corrected chi connectivity index (χ0v) is 24.9. The number of piperidine rings is 2. The minimum atomic E-state index is -3.90. The van der Waals surface area contributed by atoms with Gasteiger partial charge in [0.15, 0.2) is 0 Å². The number of nitrogens with zero attached hydrogens (tertiary/aromatic N) is 2. The number of hydrogen-bond donors (Lipinski definition) is 0. The highest BCUT2D eigenvalue weighted by molar-refractivity contribution is 7.97. The van der Waals surface area contributed by atoms with Crippen molar-refractivity contribution in [3.8, 4) is 0 Å². The van der Waals surface area contributed by atoms with Crippen molar-refractivity contribution in [1.29, 1.82) is 0 Å². The van der Waals surface area contributed by atoms with Gasteiger partial charge in [-0.1, -0.05) is 96.1 Å². The Hall–Kier alpha value is -3.23. The van der Waals surface area contributed by atoms with Crippen LogP contribution in [0.1, 0.15) is 47.2 Å². The topological polar surface area (TPSA) is 57.7 Å². The Balaban J connectivity index is 1.44. The maximum absolute atomic E-state index is 14.5. The lowest BCUT2D eigenvalue weighted by Crippen LogP contribution is -2.59. The smallest absolute Gasteiger partial charge is 0.243 e. The summed E-state index contributed by atoms with van der Waals surface area (Å²) in [5.41, 5.74) is 4.16. The Morgan fingerprint density at radius 3 is 1.83 bits per heavy atom. The summed E-state index contributed by atoms with van der Waals surface area (Å²) in [4.78, 5) is 15.3. The van der Waals surface area contributed by atoms with Crippen molar-refractivity contribution in [3.05, 3.63) is 131 Å². The molecule has 4 aromatic carbocycles. The first-order valence-corrected chi connectivity index (χ1v) is 16.3. The number of carbonyl (C=O) groups excluding carboxylic acids is 1. The largest absolute Gasteiger partial charge is 0.299 e. The Labute approximate surface area is 247 Å². The number of hydrogen-bond acceptors (Lipinski definition) is 5. The van der Waals surface area contributed by atoms with Crippen molar-refractivity contribution in [2.45, 2.75) is 54.6 Å². The molecule has 2 saturated heterocycles. The molecule has 0 radical (unpaired) electrons. The summed E-state index contributed by atoms with van der Waals surface area (Å²) in [7, 11) is -3.90. The number of aryl methyl sites for hydroxylation is 2. The molecule has 2 aliphatic rings. The van der Waals surface area contributed by atoms with E-state index >= 15 is 0 Å². The van der Waals surface area contributed by atoms with Crippen LogP contribution >= 0.6 is 11.9 Å². The van der Waals surface area contributed by atoms with Crippen LogP contribution in [0.3, 0.4) is 0 Å². The molecule has 0 amide bonds. The molecule has 0 N–H and O–H groups in total. The number of fused-ring (bicyclic) bond motifs is 1. The van der Waals surface area contributed by atoms with Crippen LogP contribution in [0.25, 0.3) is 0 Å². The zero-order chi connectivity index (χ0) is 28.6. The van der Waals surface area contributed by atoms with Gasteiger partial charge in [-0.25, -0.2) is 12.7 Å². The first-order chi connectivity index (χ1) is 19.8. The SMILES string of the molecule is Cc1ccc(SN2CC3C(=O)C[C@H](c4ccccc4)N(S(=O)(=O)c4ccc(C)cc4)C3C[C@H]2c2ccccc2)cc1. The van der Waals surface area contributed by atoms with Crippen molar-refractivity contribution in [3.63, 3.8) is 0 Å². The van der Waals surface area contributed by atoms with Crippen LogP contribution in [0.2, 0.25) is 0 Å². The van der Waals surface area contributed by atoms with E-state index in [1.165, 1.54) is 5.56 Å². The van der Waals surface area contributed by atoms with Crippen molar-refractivity contribution < 1.29 is 13.2 Å². The monoisotopic (exact) mass is 582 g/mol. The molecule has 0 spiro atoms. The van der Waals surface area contributed by atoms with Gasteiger partial charge in [0.25, 0.3) is 0 Å². The third kappa shape index (κ3) is 5.64. The lowest BCUT2D eigenvalue weighted by molar-refractivity contribution is -0.131. The summed E-state index contributed by atoms with van der Waals surface area (Å²) < 4.78 is 32.9. The van der Waals surface area contributed by atoms with Crippen LogP contribution in [0.5, 0.6) is 0 Å². The van der Waals surface area contributed by atoms with E-state index in [0.717, 1.165) is 21.6 Å². The van der Waals surface area contributed by atoms with Crippen LogP contribution in [0, 0.1) is 19.8 Å². The molecule has 5 nitrogen and oxygen atoms in total. The average Bonchev–Trinajstić information content (AvgIpc) is 2.99. The molecule has 2 unspecified atom stereocenters. The Morgan fingerprint density at radius 1 is 0.707 bits per heavy atom. The van der Waals surface area contributed by atoms with Crippen LogP contribution in [0.4, 0.5) is 0 Å². The van der Waals surface area contributed by atoms with Crippen molar-refractivity contribution >= 4 is 27.8 Å². The van der Waals surface area contributed by atoms with E-state index in [9.17, 15) is 13.2 Å². The van der Waals surface area contributed by atoms with Gasteiger partial charge in [0.2, 0.25) is 10.0 Å². The summed E-state index contributed by atoms with van der Waals surface area (Å²) in [6, 6.07) is 34.2. The highest BCUT2D eigenvalue weighted by Gasteiger charge is 2.52. The Bertz CT molecular complexity index is 1610. The maximum Gasteiger partial charge on any atom is 0.243 e. The first-order valence-electron chi connectivity index (χ1n) is 14.1. The maximum atomic E-state index is 14.5. The molecule has 4 atom stereocenters. The van der Waals surface area contributed by atoms with Crippen LogP contribution < -0.4 is 0 Å². The summed E-state index contributed by atoms with van der Waals surface area (Å²) in [5, 5.41) is 0.